The third-order valence-corrected chi connectivity index (χ3v) is 7.24. The molecule has 1 fully saturated rings. The van der Waals surface area contributed by atoms with Crippen LogP contribution < -0.4 is 10.1 Å². The molecule has 0 bridgehead atoms. The molecule has 34 heavy (non-hydrogen) atoms. The van der Waals surface area contributed by atoms with Crippen molar-refractivity contribution in [2.75, 3.05) is 32.1 Å². The maximum atomic E-state index is 13.7. The summed E-state index contributed by atoms with van der Waals surface area (Å²) in [5.74, 6) is -3.14. The van der Waals surface area contributed by atoms with E-state index in [0.29, 0.717) is 19.2 Å². The number of benzene rings is 2. The van der Waals surface area contributed by atoms with E-state index < -0.39 is 40.1 Å². The fourth-order valence-electron chi connectivity index (χ4n) is 3.94. The first kappa shape index (κ1) is 25.6. The molecule has 2 atom stereocenters. The third-order valence-electron chi connectivity index (χ3n) is 5.39. The fraction of sp³-hybridized carbons (Fsp3) is 0.391. The molecular weight excluding hydrogens is 470 g/mol. The number of nitrogens with zero attached hydrogens (tertiary/aromatic N) is 1. The highest BCUT2D eigenvalue weighted by atomic mass is 32.2. The molecule has 1 aliphatic rings. The van der Waals surface area contributed by atoms with Crippen LogP contribution in [0.3, 0.4) is 0 Å². The van der Waals surface area contributed by atoms with Crippen LogP contribution >= 0.6 is 0 Å². The molecule has 0 spiro atoms. The van der Waals surface area contributed by atoms with Crippen LogP contribution in [0, 0.1) is 23.5 Å². The van der Waals surface area contributed by atoms with Gasteiger partial charge in [0.25, 0.3) is 5.91 Å². The molecule has 1 saturated heterocycles. The normalized spacial score (nSPS) is 18.9. The van der Waals surface area contributed by atoms with E-state index in [-0.39, 0.29) is 33.7 Å². The molecule has 2 unspecified atom stereocenters. The maximum Gasteiger partial charge on any atom is 0.338 e. The average molecular weight is 497 g/mol. The van der Waals surface area contributed by atoms with E-state index in [1.807, 2.05) is 13.8 Å². The monoisotopic (exact) mass is 496 g/mol. The van der Waals surface area contributed by atoms with E-state index in [1.54, 1.807) is 0 Å². The Morgan fingerprint density at radius 3 is 2.38 bits per heavy atom. The van der Waals surface area contributed by atoms with Gasteiger partial charge in [-0.1, -0.05) is 13.8 Å². The maximum absolute atomic E-state index is 13.7. The predicted octanol–water partition coefficient (Wildman–Crippen LogP) is 3.44. The number of methoxy groups -OCH3 is 1. The highest BCUT2D eigenvalue weighted by molar-refractivity contribution is 7.89. The number of nitrogens with one attached hydrogen (secondary N) is 1. The zero-order valence-electron chi connectivity index (χ0n) is 19.0. The lowest BCUT2D eigenvalue weighted by Gasteiger charge is -2.34. The molecule has 184 valence electrons. The number of rotatable bonds is 7. The summed E-state index contributed by atoms with van der Waals surface area (Å²) in [5, 5.41) is 2.17. The van der Waals surface area contributed by atoms with Gasteiger partial charge in [-0.25, -0.2) is 22.0 Å². The highest BCUT2D eigenvalue weighted by Crippen LogP contribution is 2.32. The Hall–Kier alpha value is -3.05. The van der Waals surface area contributed by atoms with Crippen molar-refractivity contribution in [1.29, 1.82) is 0 Å². The number of ether oxygens (including phenoxy) is 2. The van der Waals surface area contributed by atoms with Gasteiger partial charge in [-0.3, -0.25) is 4.79 Å². The highest BCUT2D eigenvalue weighted by Gasteiger charge is 2.34. The van der Waals surface area contributed by atoms with Gasteiger partial charge < -0.3 is 14.8 Å². The Kier molecular flexibility index (Phi) is 7.88. The van der Waals surface area contributed by atoms with E-state index in [2.05, 4.69) is 5.32 Å². The van der Waals surface area contributed by atoms with Gasteiger partial charge >= 0.3 is 5.97 Å². The number of hydrogen-bond donors (Lipinski definition) is 1. The second-order valence-corrected chi connectivity index (χ2v) is 10.3. The van der Waals surface area contributed by atoms with Gasteiger partial charge in [0.15, 0.2) is 6.61 Å². The van der Waals surface area contributed by atoms with Crippen molar-refractivity contribution in [1.82, 2.24) is 4.31 Å². The van der Waals surface area contributed by atoms with E-state index in [4.69, 9.17) is 9.47 Å². The lowest BCUT2D eigenvalue weighted by molar-refractivity contribution is -0.119. The SMILES string of the molecule is COc1ccc(C(=O)OCC(=O)Nc2ccc(F)cc2F)cc1S(=O)(=O)N1CC(C)CC(C)C1. The molecule has 1 aliphatic heterocycles. The van der Waals surface area contributed by atoms with Crippen LogP contribution in [-0.2, 0) is 19.6 Å². The number of piperidine rings is 1. The summed E-state index contributed by atoms with van der Waals surface area (Å²) in [7, 11) is -2.63. The topological polar surface area (TPSA) is 102 Å². The van der Waals surface area contributed by atoms with Crippen molar-refractivity contribution >= 4 is 27.6 Å². The van der Waals surface area contributed by atoms with E-state index in [0.717, 1.165) is 24.6 Å². The van der Waals surface area contributed by atoms with Gasteiger partial charge in [0, 0.05) is 19.2 Å². The summed E-state index contributed by atoms with van der Waals surface area (Å²) in [5.41, 5.74) is -0.372. The summed E-state index contributed by atoms with van der Waals surface area (Å²) in [6.07, 6.45) is 0.916. The van der Waals surface area contributed by atoms with Crippen LogP contribution in [0.2, 0.25) is 0 Å². The molecule has 3 rings (SSSR count). The predicted molar refractivity (Wildman–Crippen MR) is 120 cm³/mol. The van der Waals surface area contributed by atoms with Crippen molar-refractivity contribution in [2.45, 2.75) is 25.2 Å². The molecular formula is C23H26F2N2O6S. The van der Waals surface area contributed by atoms with Crippen LogP contribution in [0.15, 0.2) is 41.3 Å². The third kappa shape index (κ3) is 5.89. The first-order valence-corrected chi connectivity index (χ1v) is 12.1. The zero-order valence-corrected chi connectivity index (χ0v) is 19.8. The number of anilines is 1. The van der Waals surface area contributed by atoms with Crippen molar-refractivity contribution in [3.63, 3.8) is 0 Å². The average Bonchev–Trinajstić information content (AvgIpc) is 2.78. The summed E-state index contributed by atoms with van der Waals surface area (Å²) >= 11 is 0. The lowest BCUT2D eigenvalue weighted by atomic mass is 9.94. The second-order valence-electron chi connectivity index (χ2n) is 8.38. The largest absolute Gasteiger partial charge is 0.495 e. The number of hydrogen-bond acceptors (Lipinski definition) is 6. The Morgan fingerprint density at radius 1 is 1.09 bits per heavy atom. The summed E-state index contributed by atoms with van der Waals surface area (Å²) in [6.45, 7) is 3.90. The van der Waals surface area contributed by atoms with Gasteiger partial charge in [0.05, 0.1) is 18.4 Å². The smallest absolute Gasteiger partial charge is 0.338 e. The molecule has 11 heteroatoms. The summed E-state index contributed by atoms with van der Waals surface area (Å²) < 4.78 is 64.8. The number of carbonyl (C=O) groups is 2. The zero-order chi connectivity index (χ0) is 25.0. The standard InChI is InChI=1S/C23H26F2N2O6S/c1-14-8-15(2)12-27(11-14)34(30,31)21-9-16(4-7-20(21)32-3)23(29)33-13-22(28)26-19-6-5-17(24)10-18(19)25/h4-7,9-10,14-15H,8,11-13H2,1-3H3,(H,26,28). The molecule has 2 aromatic carbocycles. The van der Waals surface area contributed by atoms with Gasteiger partial charge in [-0.15, -0.1) is 0 Å². The minimum atomic E-state index is -3.96. The fourth-order valence-corrected chi connectivity index (χ4v) is 5.80. The van der Waals surface area contributed by atoms with E-state index in [9.17, 15) is 26.8 Å². The minimum Gasteiger partial charge on any atom is -0.495 e. The quantitative estimate of drug-likeness (QED) is 0.590. The molecule has 8 nitrogen and oxygen atoms in total. The molecule has 0 aliphatic carbocycles. The first-order chi connectivity index (χ1) is 16.0. The van der Waals surface area contributed by atoms with Gasteiger partial charge in [-0.05, 0) is 48.6 Å². The van der Waals surface area contributed by atoms with E-state index >= 15 is 0 Å². The molecule has 1 heterocycles. The second kappa shape index (κ2) is 10.5. The van der Waals surface area contributed by atoms with Crippen LogP contribution in [0.5, 0.6) is 5.75 Å². The van der Waals surface area contributed by atoms with Crippen molar-refractivity contribution in [2.24, 2.45) is 11.8 Å². The molecule has 1 amide bonds. The Balaban J connectivity index is 1.74. The molecule has 1 N–H and O–H groups in total. The molecule has 2 aromatic rings. The molecule has 0 aromatic heterocycles. The summed E-state index contributed by atoms with van der Waals surface area (Å²) in [6, 6.07) is 6.41. The number of esters is 1. The first-order valence-electron chi connectivity index (χ1n) is 10.6. The van der Waals surface area contributed by atoms with Crippen LogP contribution in [0.4, 0.5) is 14.5 Å². The van der Waals surface area contributed by atoms with Crippen molar-refractivity contribution < 1.29 is 36.3 Å². The van der Waals surface area contributed by atoms with Crippen LogP contribution in [0.1, 0.15) is 30.6 Å². The van der Waals surface area contributed by atoms with Crippen molar-refractivity contribution in [3.8, 4) is 5.75 Å². The van der Waals surface area contributed by atoms with Crippen LogP contribution in [0.25, 0.3) is 0 Å². The molecule has 0 saturated carbocycles. The Bertz CT molecular complexity index is 1180. The van der Waals surface area contributed by atoms with Crippen molar-refractivity contribution in [3.05, 3.63) is 53.6 Å². The van der Waals surface area contributed by atoms with Gasteiger partial charge in [0.1, 0.15) is 22.3 Å². The number of sulfonamides is 1. The number of carbonyl (C=O) groups excluding carboxylic acids is 2. The molecule has 0 radical (unpaired) electrons. The Morgan fingerprint density at radius 2 is 1.76 bits per heavy atom. The van der Waals surface area contributed by atoms with Gasteiger partial charge in [0.2, 0.25) is 10.0 Å². The van der Waals surface area contributed by atoms with Crippen LogP contribution in [-0.4, -0.2) is 51.4 Å². The minimum absolute atomic E-state index is 0.0759. The number of halogens is 2. The van der Waals surface area contributed by atoms with Gasteiger partial charge in [-0.2, -0.15) is 4.31 Å². The summed E-state index contributed by atoms with van der Waals surface area (Å²) in [4.78, 5) is 24.3. The Labute approximate surface area is 196 Å². The lowest BCUT2D eigenvalue weighted by Crippen LogP contribution is -2.42. The number of amides is 1. The van der Waals surface area contributed by atoms with E-state index in [1.165, 1.54) is 23.5 Å².